The van der Waals surface area contributed by atoms with Crippen molar-refractivity contribution in [2.24, 2.45) is 7.05 Å². The molecule has 0 fully saturated rings. The van der Waals surface area contributed by atoms with Gasteiger partial charge in [-0.25, -0.2) is 0 Å². The topological polar surface area (TPSA) is 8.81 Å². The van der Waals surface area contributed by atoms with Crippen molar-refractivity contribution >= 4 is 0 Å². The fourth-order valence-corrected chi connectivity index (χ4v) is 2.97. The van der Waals surface area contributed by atoms with Crippen molar-refractivity contribution in [3.05, 3.63) is 17.5 Å². The highest BCUT2D eigenvalue weighted by atomic mass is 15.4. The largest absolute Gasteiger partial charge is 0.204 e. The summed E-state index contributed by atoms with van der Waals surface area (Å²) in [6, 6.07) is 2.27. The van der Waals surface area contributed by atoms with Crippen molar-refractivity contribution in [2.45, 2.75) is 91.5 Å². The van der Waals surface area contributed by atoms with Gasteiger partial charge in [-0.05, 0) is 13.3 Å². The molecule has 0 saturated carbocycles. The molecule has 0 aliphatic carbocycles. The second kappa shape index (κ2) is 10.0. The summed E-state index contributed by atoms with van der Waals surface area (Å²) in [5.41, 5.74) is 2.75. The lowest BCUT2D eigenvalue weighted by molar-refractivity contribution is -0.759. The van der Waals surface area contributed by atoms with Crippen LogP contribution in [0, 0.1) is 13.8 Å². The second-order valence-corrected chi connectivity index (χ2v) is 6.26. The van der Waals surface area contributed by atoms with E-state index in [1.165, 1.54) is 82.1 Å². The Balaban J connectivity index is 2.00. The van der Waals surface area contributed by atoms with Crippen molar-refractivity contribution in [3.8, 4) is 0 Å². The fourth-order valence-electron chi connectivity index (χ4n) is 2.97. The highest BCUT2D eigenvalue weighted by molar-refractivity contribution is 5.01. The van der Waals surface area contributed by atoms with Crippen LogP contribution in [0.3, 0.4) is 0 Å². The Morgan fingerprint density at radius 2 is 1.35 bits per heavy atom. The van der Waals surface area contributed by atoms with E-state index in [-0.39, 0.29) is 0 Å². The van der Waals surface area contributed by atoms with Crippen LogP contribution in [-0.4, -0.2) is 4.68 Å². The van der Waals surface area contributed by atoms with Crippen LogP contribution in [0.5, 0.6) is 0 Å². The van der Waals surface area contributed by atoms with Crippen LogP contribution in [0.2, 0.25) is 0 Å². The lowest BCUT2D eigenvalue weighted by atomic mass is 10.1. The van der Waals surface area contributed by atoms with E-state index in [1.807, 2.05) is 0 Å². The quantitative estimate of drug-likeness (QED) is 0.404. The van der Waals surface area contributed by atoms with E-state index in [2.05, 4.69) is 43.2 Å². The zero-order valence-electron chi connectivity index (χ0n) is 14.2. The van der Waals surface area contributed by atoms with E-state index < -0.39 is 0 Å². The smallest absolute Gasteiger partial charge is 0.158 e. The van der Waals surface area contributed by atoms with E-state index in [0.29, 0.717) is 0 Å². The predicted molar refractivity (Wildman–Crippen MR) is 86.9 cm³/mol. The van der Waals surface area contributed by atoms with Crippen LogP contribution >= 0.6 is 0 Å². The molecule has 1 rings (SSSR count). The summed E-state index contributed by atoms with van der Waals surface area (Å²) in [5.74, 6) is 0. The number of nitrogens with zero attached hydrogens (tertiary/aromatic N) is 2. The lowest BCUT2D eigenvalue weighted by Crippen LogP contribution is -2.41. The predicted octanol–water partition coefficient (Wildman–Crippen LogP) is 4.85. The number of hydrogen-bond donors (Lipinski definition) is 0. The molecule has 0 bridgehead atoms. The Bertz CT molecular complexity index is 366. The molecule has 0 radical (unpaired) electrons. The van der Waals surface area contributed by atoms with Gasteiger partial charge in [0.05, 0.1) is 12.2 Å². The molecule has 20 heavy (non-hydrogen) atoms. The lowest BCUT2D eigenvalue weighted by Gasteiger charge is -2.04. The third-order valence-corrected chi connectivity index (χ3v) is 4.42. The van der Waals surface area contributed by atoms with Crippen LogP contribution in [-0.2, 0) is 13.6 Å². The molecular weight excluding hydrogens is 244 g/mol. The first-order chi connectivity index (χ1) is 9.66. The molecule has 116 valence electrons. The van der Waals surface area contributed by atoms with E-state index in [0.717, 1.165) is 0 Å². The third kappa shape index (κ3) is 6.11. The van der Waals surface area contributed by atoms with Crippen molar-refractivity contribution in [1.29, 1.82) is 0 Å². The molecule has 0 aromatic carbocycles. The maximum absolute atomic E-state index is 2.40. The monoisotopic (exact) mass is 279 g/mol. The van der Waals surface area contributed by atoms with Gasteiger partial charge in [0.2, 0.25) is 5.69 Å². The molecule has 0 saturated heterocycles. The van der Waals surface area contributed by atoms with Crippen LogP contribution in [0.4, 0.5) is 0 Å². The zero-order valence-corrected chi connectivity index (χ0v) is 14.2. The number of hydrogen-bond acceptors (Lipinski definition) is 0. The van der Waals surface area contributed by atoms with Gasteiger partial charge in [-0.15, -0.1) is 4.68 Å². The molecule has 0 unspecified atom stereocenters. The van der Waals surface area contributed by atoms with Gasteiger partial charge < -0.3 is 0 Å². The normalized spacial score (nSPS) is 11.2. The Hall–Kier alpha value is -0.790. The Morgan fingerprint density at radius 1 is 0.850 bits per heavy atom. The van der Waals surface area contributed by atoms with E-state index in [9.17, 15) is 0 Å². The van der Waals surface area contributed by atoms with Gasteiger partial charge in [-0.2, -0.15) is 4.68 Å². The Kier molecular flexibility index (Phi) is 8.64. The van der Waals surface area contributed by atoms with Crippen molar-refractivity contribution < 1.29 is 4.68 Å². The minimum Gasteiger partial charge on any atom is -0.158 e. The summed E-state index contributed by atoms with van der Waals surface area (Å²) in [6.45, 7) is 7.85. The van der Waals surface area contributed by atoms with Crippen molar-refractivity contribution in [3.63, 3.8) is 0 Å². The molecule has 0 spiro atoms. The summed E-state index contributed by atoms with van der Waals surface area (Å²) in [5, 5.41) is 0. The first kappa shape index (κ1) is 17.3. The second-order valence-electron chi connectivity index (χ2n) is 6.26. The Morgan fingerprint density at radius 3 is 1.80 bits per heavy atom. The molecule has 1 aromatic rings. The van der Waals surface area contributed by atoms with E-state index >= 15 is 0 Å². The minimum absolute atomic E-state index is 1.17. The molecule has 1 heterocycles. The summed E-state index contributed by atoms with van der Waals surface area (Å²) >= 11 is 0. The molecule has 2 heteroatoms. The van der Waals surface area contributed by atoms with Crippen LogP contribution in [0.1, 0.15) is 82.5 Å². The molecule has 0 atom stereocenters. The van der Waals surface area contributed by atoms with Gasteiger partial charge in [0, 0.05) is 13.0 Å². The standard InChI is InChI=1S/C18H35N2/c1-5-6-7-8-9-10-11-12-13-14-15-20-18(3)16-17(2)19(20)4/h16H,5-15H2,1-4H3/q+1. The maximum Gasteiger partial charge on any atom is 0.204 e. The minimum atomic E-state index is 1.17. The van der Waals surface area contributed by atoms with Crippen molar-refractivity contribution in [2.75, 3.05) is 0 Å². The SMILES string of the molecule is CCCCCCCCCCCCn1c(C)cc(C)[n+]1C. The summed E-state index contributed by atoms with van der Waals surface area (Å²) in [4.78, 5) is 0. The molecule has 0 amide bonds. The van der Waals surface area contributed by atoms with Crippen molar-refractivity contribution in [1.82, 2.24) is 4.68 Å². The van der Waals surface area contributed by atoms with Gasteiger partial charge in [0.1, 0.15) is 0 Å². The fraction of sp³-hybridized carbons (Fsp3) is 0.833. The summed E-state index contributed by atoms with van der Waals surface area (Å²) in [6.07, 6.45) is 14.1. The van der Waals surface area contributed by atoms with Gasteiger partial charge in [0.15, 0.2) is 7.05 Å². The molecule has 0 N–H and O–H groups in total. The first-order valence-electron chi connectivity index (χ1n) is 8.70. The maximum atomic E-state index is 2.40. The highest BCUT2D eigenvalue weighted by Crippen LogP contribution is 2.11. The van der Waals surface area contributed by atoms with Crippen LogP contribution in [0.25, 0.3) is 0 Å². The molecule has 1 aromatic heterocycles. The van der Waals surface area contributed by atoms with E-state index in [4.69, 9.17) is 0 Å². The average molecular weight is 279 g/mol. The molecule has 0 aliphatic rings. The summed E-state index contributed by atoms with van der Waals surface area (Å²) in [7, 11) is 2.17. The van der Waals surface area contributed by atoms with Crippen LogP contribution in [0.15, 0.2) is 6.07 Å². The number of aromatic nitrogens is 2. The number of aryl methyl sites for hydroxylation is 2. The zero-order chi connectivity index (χ0) is 14.8. The molecular formula is C18H35N2+. The third-order valence-electron chi connectivity index (χ3n) is 4.42. The number of unbranched alkanes of at least 4 members (excludes halogenated alkanes) is 9. The number of rotatable bonds is 11. The molecule has 2 nitrogen and oxygen atoms in total. The Labute approximate surface area is 126 Å². The average Bonchev–Trinajstić information content (AvgIpc) is 2.67. The van der Waals surface area contributed by atoms with Gasteiger partial charge in [-0.1, -0.05) is 64.7 Å². The van der Waals surface area contributed by atoms with Gasteiger partial charge >= 0.3 is 0 Å². The van der Waals surface area contributed by atoms with Crippen LogP contribution < -0.4 is 4.68 Å². The van der Waals surface area contributed by atoms with E-state index in [1.54, 1.807) is 0 Å². The van der Waals surface area contributed by atoms with Gasteiger partial charge in [0.25, 0.3) is 0 Å². The van der Waals surface area contributed by atoms with Gasteiger partial charge in [-0.3, -0.25) is 0 Å². The molecule has 0 aliphatic heterocycles. The highest BCUT2D eigenvalue weighted by Gasteiger charge is 2.11. The first-order valence-corrected chi connectivity index (χ1v) is 8.70. The summed E-state index contributed by atoms with van der Waals surface area (Å²) < 4.78 is 4.68.